The molecule has 0 fully saturated rings. The molecule has 0 aliphatic heterocycles. The van der Waals surface area contributed by atoms with E-state index in [0.29, 0.717) is 5.69 Å². The van der Waals surface area contributed by atoms with Crippen LogP contribution in [0.2, 0.25) is 0 Å². The molecule has 0 bridgehead atoms. The highest BCUT2D eigenvalue weighted by Gasteiger charge is 2.15. The molecule has 1 rings (SSSR count). The summed E-state index contributed by atoms with van der Waals surface area (Å²) in [7, 11) is -3.51. The molecule has 0 aliphatic carbocycles. The van der Waals surface area contributed by atoms with Crippen molar-refractivity contribution in [2.24, 2.45) is 5.73 Å². The van der Waals surface area contributed by atoms with Gasteiger partial charge in [0, 0.05) is 11.7 Å². The van der Waals surface area contributed by atoms with E-state index in [1.165, 1.54) is 24.3 Å². The number of rotatable bonds is 5. The van der Waals surface area contributed by atoms with Crippen LogP contribution in [0.1, 0.15) is 20.8 Å². The van der Waals surface area contributed by atoms with E-state index >= 15 is 0 Å². The average molecular weight is 285 g/mol. The highest BCUT2D eigenvalue weighted by atomic mass is 32.2. The number of nitrogens with one attached hydrogen (secondary N) is 2. The Kier molecular flexibility index (Phi) is 5.04. The summed E-state index contributed by atoms with van der Waals surface area (Å²) in [6.07, 6.45) is 0. The topological polar surface area (TPSA) is 101 Å². The fourth-order valence-corrected chi connectivity index (χ4v) is 2.60. The first-order valence-corrected chi connectivity index (χ1v) is 7.39. The number of carbonyl (C=O) groups is 1. The Morgan fingerprint density at radius 3 is 2.11 bits per heavy atom. The van der Waals surface area contributed by atoms with Crippen molar-refractivity contribution in [3.05, 3.63) is 24.3 Å². The largest absolute Gasteiger partial charge is 0.325 e. The summed E-state index contributed by atoms with van der Waals surface area (Å²) in [5.74, 6) is -0.323. The van der Waals surface area contributed by atoms with Crippen molar-refractivity contribution in [3.63, 3.8) is 0 Å². The molecule has 1 amide bonds. The molecule has 0 unspecified atom stereocenters. The molecule has 0 saturated heterocycles. The Bertz CT molecular complexity index is 536. The predicted molar refractivity (Wildman–Crippen MR) is 74.2 cm³/mol. The lowest BCUT2D eigenvalue weighted by atomic mass is 10.3. The lowest BCUT2D eigenvalue weighted by Gasteiger charge is -2.11. The van der Waals surface area contributed by atoms with Crippen LogP contribution >= 0.6 is 0 Å². The molecule has 1 atom stereocenters. The first-order valence-electron chi connectivity index (χ1n) is 5.91. The second kappa shape index (κ2) is 6.14. The van der Waals surface area contributed by atoms with Gasteiger partial charge in [0.2, 0.25) is 15.9 Å². The second-order valence-corrected chi connectivity index (χ2v) is 6.29. The second-order valence-electron chi connectivity index (χ2n) is 4.58. The monoisotopic (exact) mass is 285 g/mol. The minimum absolute atomic E-state index is 0.153. The van der Waals surface area contributed by atoms with Gasteiger partial charge in [0.05, 0.1) is 10.9 Å². The van der Waals surface area contributed by atoms with Gasteiger partial charge >= 0.3 is 0 Å². The number of anilines is 1. The maximum absolute atomic E-state index is 11.9. The molecule has 4 N–H and O–H groups in total. The Morgan fingerprint density at radius 1 is 1.16 bits per heavy atom. The number of carbonyl (C=O) groups excluding carboxylic acids is 1. The van der Waals surface area contributed by atoms with Gasteiger partial charge in [-0.25, -0.2) is 13.1 Å². The Hall–Kier alpha value is -1.44. The average Bonchev–Trinajstić information content (AvgIpc) is 2.27. The van der Waals surface area contributed by atoms with Crippen molar-refractivity contribution in [1.82, 2.24) is 4.72 Å². The SMILES string of the molecule is CC(C)NS(=O)(=O)c1ccc(NC(=O)[C@H](C)N)cc1. The van der Waals surface area contributed by atoms with Gasteiger partial charge in [-0.2, -0.15) is 0 Å². The van der Waals surface area contributed by atoms with Crippen LogP contribution in [0.15, 0.2) is 29.2 Å². The smallest absolute Gasteiger partial charge is 0.240 e. The molecule has 0 aliphatic rings. The van der Waals surface area contributed by atoms with Crippen molar-refractivity contribution >= 4 is 21.6 Å². The van der Waals surface area contributed by atoms with Crippen LogP contribution in [0, 0.1) is 0 Å². The number of nitrogens with two attached hydrogens (primary N) is 1. The van der Waals surface area contributed by atoms with Gasteiger partial charge in [0.25, 0.3) is 0 Å². The van der Waals surface area contributed by atoms with Crippen molar-refractivity contribution in [1.29, 1.82) is 0 Å². The minimum atomic E-state index is -3.51. The third-order valence-corrected chi connectivity index (χ3v) is 3.91. The van der Waals surface area contributed by atoms with E-state index in [2.05, 4.69) is 10.0 Å². The van der Waals surface area contributed by atoms with Crippen LogP contribution in [0.5, 0.6) is 0 Å². The summed E-state index contributed by atoms with van der Waals surface area (Å²) in [5, 5.41) is 2.58. The van der Waals surface area contributed by atoms with Gasteiger partial charge in [-0.05, 0) is 45.0 Å². The molecule has 106 valence electrons. The van der Waals surface area contributed by atoms with Crippen molar-refractivity contribution < 1.29 is 13.2 Å². The predicted octanol–water partition coefficient (Wildman–Crippen LogP) is 0.659. The summed E-state index contributed by atoms with van der Waals surface area (Å²) in [5.41, 5.74) is 5.93. The van der Waals surface area contributed by atoms with Gasteiger partial charge in [-0.15, -0.1) is 0 Å². The number of amides is 1. The zero-order chi connectivity index (χ0) is 14.6. The van der Waals surface area contributed by atoms with E-state index in [1.54, 1.807) is 20.8 Å². The fourth-order valence-electron chi connectivity index (χ4n) is 1.35. The van der Waals surface area contributed by atoms with Crippen molar-refractivity contribution in [2.75, 3.05) is 5.32 Å². The molecule has 1 aromatic rings. The maximum Gasteiger partial charge on any atom is 0.240 e. The van der Waals surface area contributed by atoms with E-state index in [4.69, 9.17) is 5.73 Å². The standard InChI is InChI=1S/C12H19N3O3S/c1-8(2)15-19(17,18)11-6-4-10(5-7-11)14-12(16)9(3)13/h4-9,15H,13H2,1-3H3,(H,14,16)/t9-/m0/s1. The lowest BCUT2D eigenvalue weighted by Crippen LogP contribution is -2.32. The van der Waals surface area contributed by atoms with E-state index in [9.17, 15) is 13.2 Å². The van der Waals surface area contributed by atoms with Crippen LogP contribution in [0.3, 0.4) is 0 Å². The zero-order valence-electron chi connectivity index (χ0n) is 11.2. The molecule has 0 radical (unpaired) electrons. The molecule has 0 heterocycles. The van der Waals surface area contributed by atoms with Crippen LogP contribution < -0.4 is 15.8 Å². The van der Waals surface area contributed by atoms with Crippen molar-refractivity contribution in [3.8, 4) is 0 Å². The molecule has 0 saturated carbocycles. The first-order chi connectivity index (χ1) is 8.72. The summed E-state index contributed by atoms with van der Waals surface area (Å²) >= 11 is 0. The Labute approximate surface area is 113 Å². The number of hydrogen-bond donors (Lipinski definition) is 3. The van der Waals surface area contributed by atoms with Crippen LogP contribution in [0.25, 0.3) is 0 Å². The fraction of sp³-hybridized carbons (Fsp3) is 0.417. The Balaban J connectivity index is 2.85. The van der Waals surface area contributed by atoms with E-state index in [-0.39, 0.29) is 16.8 Å². The van der Waals surface area contributed by atoms with Crippen LogP contribution in [-0.2, 0) is 14.8 Å². The number of sulfonamides is 1. The molecule has 7 heteroatoms. The number of benzene rings is 1. The van der Waals surface area contributed by atoms with Crippen LogP contribution in [-0.4, -0.2) is 26.4 Å². The van der Waals surface area contributed by atoms with E-state index < -0.39 is 16.1 Å². The zero-order valence-corrected chi connectivity index (χ0v) is 12.0. The summed E-state index contributed by atoms with van der Waals surface area (Å²) < 4.78 is 26.2. The van der Waals surface area contributed by atoms with Gasteiger partial charge < -0.3 is 11.1 Å². The number of hydrogen-bond acceptors (Lipinski definition) is 4. The molecule has 0 spiro atoms. The van der Waals surface area contributed by atoms with Crippen LogP contribution in [0.4, 0.5) is 5.69 Å². The van der Waals surface area contributed by atoms with Gasteiger partial charge in [-0.1, -0.05) is 0 Å². The van der Waals surface area contributed by atoms with Gasteiger partial charge in [0.1, 0.15) is 0 Å². The first kappa shape index (κ1) is 15.6. The Morgan fingerprint density at radius 2 is 1.68 bits per heavy atom. The van der Waals surface area contributed by atoms with Gasteiger partial charge in [-0.3, -0.25) is 4.79 Å². The van der Waals surface area contributed by atoms with E-state index in [0.717, 1.165) is 0 Å². The molecular weight excluding hydrogens is 266 g/mol. The van der Waals surface area contributed by atoms with E-state index in [1.807, 2.05) is 0 Å². The normalized spacial score (nSPS) is 13.3. The third kappa shape index (κ3) is 4.62. The molecular formula is C12H19N3O3S. The minimum Gasteiger partial charge on any atom is -0.325 e. The highest BCUT2D eigenvalue weighted by Crippen LogP contribution is 2.14. The highest BCUT2D eigenvalue weighted by molar-refractivity contribution is 7.89. The summed E-state index contributed by atoms with van der Waals surface area (Å²) in [4.78, 5) is 11.5. The molecule has 6 nitrogen and oxygen atoms in total. The molecule has 0 aromatic heterocycles. The van der Waals surface area contributed by atoms with Crippen molar-refractivity contribution in [2.45, 2.75) is 37.8 Å². The summed E-state index contributed by atoms with van der Waals surface area (Å²) in [6.45, 7) is 5.06. The lowest BCUT2D eigenvalue weighted by molar-refractivity contribution is -0.117. The molecule has 19 heavy (non-hydrogen) atoms. The molecule has 1 aromatic carbocycles. The third-order valence-electron chi connectivity index (χ3n) is 2.24. The van der Waals surface area contributed by atoms with Gasteiger partial charge in [0.15, 0.2) is 0 Å². The maximum atomic E-state index is 11.9. The summed E-state index contributed by atoms with van der Waals surface area (Å²) in [6, 6.07) is 5.11. The quantitative estimate of drug-likeness (QED) is 0.739.